The number of nitrogens with two attached hydrogens (primary N) is 1. The lowest BCUT2D eigenvalue weighted by Crippen LogP contribution is -2.48. The van der Waals surface area contributed by atoms with E-state index < -0.39 is 5.91 Å². The molecular weight excluding hydrogens is 218 g/mol. The fourth-order valence-electron chi connectivity index (χ4n) is 2.30. The monoisotopic (exact) mass is 241 g/mol. The summed E-state index contributed by atoms with van der Waals surface area (Å²) in [6, 6.07) is 0.120. The second-order valence-electron chi connectivity index (χ2n) is 4.77. The average molecular weight is 241 g/mol. The Kier molecular flexibility index (Phi) is 5.41. The van der Waals surface area contributed by atoms with Crippen molar-refractivity contribution in [2.24, 2.45) is 11.7 Å². The summed E-state index contributed by atoms with van der Waals surface area (Å²) in [5.74, 6) is -0.409. The third-order valence-corrected chi connectivity index (χ3v) is 3.23. The molecule has 0 aromatic rings. The van der Waals surface area contributed by atoms with Gasteiger partial charge in [-0.25, -0.2) is 0 Å². The van der Waals surface area contributed by atoms with Crippen molar-refractivity contribution >= 4 is 11.8 Å². The zero-order valence-electron chi connectivity index (χ0n) is 10.7. The Morgan fingerprint density at radius 1 is 1.53 bits per heavy atom. The Morgan fingerprint density at radius 3 is 2.71 bits per heavy atom. The molecule has 0 aromatic carbocycles. The van der Waals surface area contributed by atoms with E-state index in [1.165, 1.54) is 0 Å². The van der Waals surface area contributed by atoms with Gasteiger partial charge in [-0.05, 0) is 19.4 Å². The number of nitrogens with one attached hydrogen (secondary N) is 1. The summed E-state index contributed by atoms with van der Waals surface area (Å²) in [5, 5.41) is 3.21. The van der Waals surface area contributed by atoms with Crippen molar-refractivity contribution in [3.8, 4) is 0 Å². The van der Waals surface area contributed by atoms with E-state index in [2.05, 4.69) is 12.2 Å². The van der Waals surface area contributed by atoms with Crippen LogP contribution in [0, 0.1) is 5.92 Å². The van der Waals surface area contributed by atoms with Crippen LogP contribution < -0.4 is 11.1 Å². The Balaban J connectivity index is 2.67. The second kappa shape index (κ2) is 6.59. The first-order chi connectivity index (χ1) is 8.06. The van der Waals surface area contributed by atoms with Crippen LogP contribution in [0.2, 0.25) is 0 Å². The van der Waals surface area contributed by atoms with Gasteiger partial charge in [-0.1, -0.05) is 20.3 Å². The van der Waals surface area contributed by atoms with Crippen molar-refractivity contribution in [1.29, 1.82) is 0 Å². The first kappa shape index (κ1) is 14.0. The number of nitrogens with zero attached hydrogens (tertiary/aromatic N) is 1. The second-order valence-corrected chi connectivity index (χ2v) is 4.77. The number of primary amides is 1. The molecule has 3 N–H and O–H groups in total. The summed E-state index contributed by atoms with van der Waals surface area (Å²) in [4.78, 5) is 25.0. The molecule has 1 aliphatic heterocycles. The van der Waals surface area contributed by atoms with Crippen LogP contribution in [-0.2, 0) is 9.59 Å². The Hall–Kier alpha value is -1.10. The van der Waals surface area contributed by atoms with Gasteiger partial charge in [0, 0.05) is 18.5 Å². The summed E-state index contributed by atoms with van der Waals surface area (Å²) < 4.78 is 0. The maximum absolute atomic E-state index is 12.2. The SMILES string of the molecule is CCCC(C)C(=O)N(CC(N)=O)C1CCNC1. The van der Waals surface area contributed by atoms with E-state index in [0.717, 1.165) is 32.4 Å². The minimum Gasteiger partial charge on any atom is -0.368 e. The molecule has 0 bridgehead atoms. The van der Waals surface area contributed by atoms with Crippen molar-refractivity contribution in [3.05, 3.63) is 0 Å². The largest absolute Gasteiger partial charge is 0.368 e. The van der Waals surface area contributed by atoms with Gasteiger partial charge in [-0.15, -0.1) is 0 Å². The highest BCUT2D eigenvalue weighted by molar-refractivity contribution is 5.85. The van der Waals surface area contributed by atoms with Crippen molar-refractivity contribution in [2.75, 3.05) is 19.6 Å². The number of hydrogen-bond donors (Lipinski definition) is 2. The third kappa shape index (κ3) is 4.00. The van der Waals surface area contributed by atoms with Gasteiger partial charge >= 0.3 is 0 Å². The number of carbonyl (C=O) groups excluding carboxylic acids is 2. The molecule has 1 aliphatic rings. The molecule has 0 radical (unpaired) electrons. The average Bonchev–Trinajstić information content (AvgIpc) is 2.78. The lowest BCUT2D eigenvalue weighted by Gasteiger charge is -2.29. The highest BCUT2D eigenvalue weighted by Gasteiger charge is 2.29. The molecule has 0 aliphatic carbocycles. The van der Waals surface area contributed by atoms with Crippen LogP contribution in [0.5, 0.6) is 0 Å². The molecule has 1 heterocycles. The van der Waals surface area contributed by atoms with E-state index in [0.29, 0.717) is 0 Å². The zero-order chi connectivity index (χ0) is 12.8. The Labute approximate surface area is 103 Å². The Morgan fingerprint density at radius 2 is 2.24 bits per heavy atom. The van der Waals surface area contributed by atoms with E-state index in [9.17, 15) is 9.59 Å². The van der Waals surface area contributed by atoms with Gasteiger partial charge in [0.05, 0.1) is 6.54 Å². The standard InChI is InChI=1S/C12H23N3O2/c1-3-4-9(2)12(17)15(8-11(13)16)10-5-6-14-7-10/h9-10,14H,3-8H2,1-2H3,(H2,13,16). The first-order valence-electron chi connectivity index (χ1n) is 6.35. The molecule has 2 amide bonds. The molecule has 2 atom stereocenters. The summed E-state index contributed by atoms with van der Waals surface area (Å²) in [5.41, 5.74) is 5.22. The molecule has 17 heavy (non-hydrogen) atoms. The minimum atomic E-state index is -0.436. The van der Waals surface area contributed by atoms with Crippen LogP contribution in [0.25, 0.3) is 0 Å². The summed E-state index contributed by atoms with van der Waals surface area (Å²) in [6.07, 6.45) is 2.73. The fourth-order valence-corrected chi connectivity index (χ4v) is 2.30. The number of carbonyl (C=O) groups is 2. The fraction of sp³-hybridized carbons (Fsp3) is 0.833. The maximum Gasteiger partial charge on any atom is 0.237 e. The van der Waals surface area contributed by atoms with Crippen molar-refractivity contribution < 1.29 is 9.59 Å². The molecule has 5 heteroatoms. The van der Waals surface area contributed by atoms with E-state index >= 15 is 0 Å². The van der Waals surface area contributed by atoms with Gasteiger partial charge in [0.1, 0.15) is 0 Å². The molecule has 0 spiro atoms. The number of hydrogen-bond acceptors (Lipinski definition) is 3. The van der Waals surface area contributed by atoms with Gasteiger partial charge in [0.15, 0.2) is 0 Å². The summed E-state index contributed by atoms with van der Waals surface area (Å²) in [7, 11) is 0. The minimum absolute atomic E-state index is 0.0278. The van der Waals surface area contributed by atoms with Crippen LogP contribution in [0.15, 0.2) is 0 Å². The normalized spacial score (nSPS) is 21.2. The highest BCUT2D eigenvalue weighted by Crippen LogP contribution is 2.15. The smallest absolute Gasteiger partial charge is 0.237 e. The highest BCUT2D eigenvalue weighted by atomic mass is 16.2. The predicted octanol–water partition coefficient (Wildman–Crippen LogP) is 0.0984. The molecule has 0 aromatic heterocycles. The molecule has 98 valence electrons. The molecular formula is C12H23N3O2. The van der Waals surface area contributed by atoms with Crippen molar-refractivity contribution in [1.82, 2.24) is 10.2 Å². The predicted molar refractivity (Wildman–Crippen MR) is 66.3 cm³/mol. The van der Waals surface area contributed by atoms with E-state index in [4.69, 9.17) is 5.73 Å². The zero-order valence-corrected chi connectivity index (χ0v) is 10.7. The van der Waals surface area contributed by atoms with Crippen LogP contribution >= 0.6 is 0 Å². The third-order valence-electron chi connectivity index (χ3n) is 3.23. The van der Waals surface area contributed by atoms with Gasteiger partial charge in [-0.3, -0.25) is 9.59 Å². The topological polar surface area (TPSA) is 75.4 Å². The van der Waals surface area contributed by atoms with E-state index in [-0.39, 0.29) is 24.4 Å². The van der Waals surface area contributed by atoms with Crippen LogP contribution in [-0.4, -0.2) is 42.4 Å². The number of amides is 2. The molecule has 1 saturated heterocycles. The van der Waals surface area contributed by atoms with Gasteiger partial charge in [-0.2, -0.15) is 0 Å². The van der Waals surface area contributed by atoms with Gasteiger partial charge < -0.3 is 16.0 Å². The molecule has 2 unspecified atom stereocenters. The van der Waals surface area contributed by atoms with Crippen LogP contribution in [0.1, 0.15) is 33.1 Å². The van der Waals surface area contributed by atoms with Gasteiger partial charge in [0.25, 0.3) is 0 Å². The van der Waals surface area contributed by atoms with Crippen molar-refractivity contribution in [2.45, 2.75) is 39.2 Å². The van der Waals surface area contributed by atoms with Gasteiger partial charge in [0.2, 0.25) is 11.8 Å². The quantitative estimate of drug-likeness (QED) is 0.692. The maximum atomic E-state index is 12.2. The van der Waals surface area contributed by atoms with Crippen LogP contribution in [0.3, 0.4) is 0 Å². The molecule has 1 rings (SSSR count). The molecule has 5 nitrogen and oxygen atoms in total. The number of rotatable bonds is 6. The van der Waals surface area contributed by atoms with Crippen LogP contribution in [0.4, 0.5) is 0 Å². The lowest BCUT2D eigenvalue weighted by atomic mass is 10.0. The molecule has 0 saturated carbocycles. The summed E-state index contributed by atoms with van der Waals surface area (Å²) in [6.45, 7) is 5.67. The first-order valence-corrected chi connectivity index (χ1v) is 6.35. The Bertz CT molecular complexity index is 275. The van der Waals surface area contributed by atoms with Crippen molar-refractivity contribution in [3.63, 3.8) is 0 Å². The van der Waals surface area contributed by atoms with E-state index in [1.54, 1.807) is 4.90 Å². The van der Waals surface area contributed by atoms with E-state index in [1.807, 2.05) is 6.92 Å². The lowest BCUT2D eigenvalue weighted by molar-refractivity contribution is -0.140. The summed E-state index contributed by atoms with van der Waals surface area (Å²) >= 11 is 0. The molecule has 1 fully saturated rings.